The Morgan fingerprint density at radius 2 is 1.91 bits per heavy atom. The van der Waals surface area contributed by atoms with Gasteiger partial charge in [-0.15, -0.1) is 0 Å². The molecular weight excluding hydrogens is 429 g/mol. The molecule has 1 N–H and O–H groups in total. The Morgan fingerprint density at radius 1 is 1.28 bits per heavy atom. The Kier molecular flexibility index (Phi) is 7.54. The smallest absolute Gasteiger partial charge is 0.475 e. The third kappa shape index (κ3) is 6.04. The number of nitrogens with zero attached hydrogens (tertiary/aromatic N) is 2. The summed E-state index contributed by atoms with van der Waals surface area (Å²) < 4.78 is 42.9. The van der Waals surface area contributed by atoms with E-state index in [-0.39, 0.29) is 11.3 Å². The number of likely N-dealkylation sites (tertiary alicyclic amines) is 2. The molecule has 0 radical (unpaired) electrons. The highest BCUT2D eigenvalue weighted by Gasteiger charge is 2.53. The normalized spacial score (nSPS) is 23.3. The molecule has 1 aliphatic carbocycles. The number of piperidine rings is 1. The van der Waals surface area contributed by atoms with Gasteiger partial charge < -0.3 is 19.2 Å². The van der Waals surface area contributed by atoms with Crippen molar-refractivity contribution >= 4 is 11.9 Å². The lowest BCUT2D eigenvalue weighted by Crippen LogP contribution is -2.45. The van der Waals surface area contributed by atoms with Crippen molar-refractivity contribution in [2.75, 3.05) is 39.9 Å². The highest BCUT2D eigenvalue weighted by atomic mass is 19.4. The number of carboxylic acids is 1. The summed E-state index contributed by atoms with van der Waals surface area (Å²) >= 11 is 0. The average molecular weight is 460 g/mol. The molecule has 3 fully saturated rings. The number of halogens is 3. The fourth-order valence-corrected chi connectivity index (χ4v) is 4.69. The summed E-state index contributed by atoms with van der Waals surface area (Å²) in [5, 5.41) is 7.12. The predicted octanol–water partition coefficient (Wildman–Crippen LogP) is 3.32. The third-order valence-electron chi connectivity index (χ3n) is 6.63. The molecule has 10 heteroatoms. The molecule has 2 saturated heterocycles. The average Bonchev–Trinajstić information content (AvgIpc) is 3.40. The van der Waals surface area contributed by atoms with Crippen LogP contribution in [0.15, 0.2) is 16.5 Å². The topological polar surface area (TPSA) is 83.2 Å². The lowest BCUT2D eigenvalue weighted by atomic mass is 9.71. The summed E-state index contributed by atoms with van der Waals surface area (Å²) in [7, 11) is 1.72. The van der Waals surface area contributed by atoms with Gasteiger partial charge in [0.1, 0.15) is 11.5 Å². The van der Waals surface area contributed by atoms with Crippen molar-refractivity contribution in [3.63, 3.8) is 0 Å². The van der Waals surface area contributed by atoms with Gasteiger partial charge in [0, 0.05) is 25.6 Å². The number of carboxylic acid groups (broad SMARTS) is 1. The van der Waals surface area contributed by atoms with Crippen LogP contribution in [-0.4, -0.2) is 72.9 Å². The standard InChI is InChI=1S/C20H30N2O3.C2HF3O2/c1-15-3-6-17(25-15)12-21-9-7-20(8-10-21)14-22(11-16-4-5-16)19(23)18(20)13-24-2;3-2(4,5)1(6)7/h3,6,16,18H,4-5,7-14H2,1-2H3;(H,6,7). The van der Waals surface area contributed by atoms with Gasteiger partial charge in [0.25, 0.3) is 0 Å². The van der Waals surface area contributed by atoms with E-state index in [1.54, 1.807) is 7.11 Å². The van der Waals surface area contributed by atoms with E-state index in [4.69, 9.17) is 19.1 Å². The van der Waals surface area contributed by atoms with Crippen LogP contribution in [-0.2, 0) is 20.9 Å². The first kappa shape index (κ1) is 24.6. The van der Waals surface area contributed by atoms with E-state index in [0.29, 0.717) is 12.5 Å². The number of carbonyl (C=O) groups excluding carboxylic acids is 1. The molecular formula is C22H31F3N2O5. The lowest BCUT2D eigenvalue weighted by Gasteiger charge is -2.41. The number of alkyl halides is 3. The Balaban J connectivity index is 0.000000360. The van der Waals surface area contributed by atoms with Gasteiger partial charge in [-0.25, -0.2) is 4.79 Å². The number of furan rings is 1. The van der Waals surface area contributed by atoms with Crippen LogP contribution in [0.25, 0.3) is 0 Å². The molecule has 0 aromatic carbocycles. The first-order valence-electron chi connectivity index (χ1n) is 10.9. The van der Waals surface area contributed by atoms with Crippen LogP contribution in [0.2, 0.25) is 0 Å². The van der Waals surface area contributed by atoms with Gasteiger partial charge in [-0.1, -0.05) is 0 Å². The van der Waals surface area contributed by atoms with Crippen LogP contribution in [0.1, 0.15) is 37.2 Å². The number of hydrogen-bond donors (Lipinski definition) is 1. The maximum atomic E-state index is 12.9. The summed E-state index contributed by atoms with van der Waals surface area (Å²) in [5.74, 6) is 0.394. The van der Waals surface area contributed by atoms with Gasteiger partial charge >= 0.3 is 12.1 Å². The molecule has 32 heavy (non-hydrogen) atoms. The van der Waals surface area contributed by atoms with Crippen molar-refractivity contribution in [1.82, 2.24) is 9.80 Å². The number of rotatable bonds is 6. The Morgan fingerprint density at radius 3 is 2.38 bits per heavy atom. The molecule has 0 bridgehead atoms. The first-order chi connectivity index (χ1) is 15.0. The molecule has 7 nitrogen and oxygen atoms in total. The minimum atomic E-state index is -5.08. The monoisotopic (exact) mass is 460 g/mol. The molecule has 1 amide bonds. The zero-order valence-corrected chi connectivity index (χ0v) is 18.5. The van der Waals surface area contributed by atoms with Crippen LogP contribution < -0.4 is 0 Å². The van der Waals surface area contributed by atoms with Crippen LogP contribution in [0.3, 0.4) is 0 Å². The number of carbonyl (C=O) groups is 2. The third-order valence-corrected chi connectivity index (χ3v) is 6.63. The molecule has 2 aliphatic heterocycles. The largest absolute Gasteiger partial charge is 0.490 e. The first-order valence-corrected chi connectivity index (χ1v) is 10.9. The molecule has 1 atom stereocenters. The summed E-state index contributed by atoms with van der Waals surface area (Å²) in [5.41, 5.74) is 0.109. The molecule has 3 aliphatic rings. The molecule has 3 heterocycles. The van der Waals surface area contributed by atoms with Gasteiger partial charge in [-0.3, -0.25) is 9.69 Å². The molecule has 1 saturated carbocycles. The molecule has 1 aromatic heterocycles. The second kappa shape index (κ2) is 9.82. The van der Waals surface area contributed by atoms with Crippen molar-refractivity contribution in [2.24, 2.45) is 17.3 Å². The predicted molar refractivity (Wildman–Crippen MR) is 109 cm³/mol. The summed E-state index contributed by atoms with van der Waals surface area (Å²) in [6.45, 7) is 7.40. The fraction of sp³-hybridized carbons (Fsp3) is 0.727. The number of aryl methyl sites for hydroxylation is 1. The second-order valence-corrected chi connectivity index (χ2v) is 9.12. The zero-order valence-electron chi connectivity index (χ0n) is 18.5. The van der Waals surface area contributed by atoms with Crippen molar-refractivity contribution < 1.29 is 37.0 Å². The quantitative estimate of drug-likeness (QED) is 0.701. The van der Waals surface area contributed by atoms with Gasteiger partial charge in [0.15, 0.2) is 0 Å². The molecule has 180 valence electrons. The minimum Gasteiger partial charge on any atom is -0.475 e. The molecule has 1 spiro atoms. The zero-order chi connectivity index (χ0) is 23.5. The van der Waals surface area contributed by atoms with E-state index < -0.39 is 12.1 Å². The number of amides is 1. The van der Waals surface area contributed by atoms with Gasteiger partial charge in [0.05, 0.1) is 19.1 Å². The summed E-state index contributed by atoms with van der Waals surface area (Å²) in [6.07, 6.45) is -0.342. The minimum absolute atomic E-state index is 0.0456. The van der Waals surface area contributed by atoms with Crippen molar-refractivity contribution in [3.05, 3.63) is 23.7 Å². The maximum absolute atomic E-state index is 12.9. The Hall–Kier alpha value is -2.07. The Labute approximate surface area is 185 Å². The van der Waals surface area contributed by atoms with E-state index in [0.717, 1.165) is 63.0 Å². The number of methoxy groups -OCH3 is 1. The fourth-order valence-electron chi connectivity index (χ4n) is 4.69. The van der Waals surface area contributed by atoms with E-state index in [2.05, 4.69) is 15.9 Å². The van der Waals surface area contributed by atoms with E-state index in [1.165, 1.54) is 12.8 Å². The van der Waals surface area contributed by atoms with E-state index in [1.807, 2.05) is 13.0 Å². The number of ether oxygens (including phenoxy) is 1. The molecule has 1 aromatic rings. The molecule has 1 unspecified atom stereocenters. The molecule has 4 rings (SSSR count). The van der Waals surface area contributed by atoms with Crippen molar-refractivity contribution in [3.8, 4) is 0 Å². The summed E-state index contributed by atoms with van der Waals surface area (Å²) in [6, 6.07) is 4.10. The van der Waals surface area contributed by atoms with Crippen LogP contribution >= 0.6 is 0 Å². The lowest BCUT2D eigenvalue weighted by molar-refractivity contribution is -0.192. The highest BCUT2D eigenvalue weighted by Crippen LogP contribution is 2.47. The van der Waals surface area contributed by atoms with Gasteiger partial charge in [-0.2, -0.15) is 13.2 Å². The Bertz CT molecular complexity index is 798. The number of aliphatic carboxylic acids is 1. The van der Waals surface area contributed by atoms with Crippen LogP contribution in [0.4, 0.5) is 13.2 Å². The van der Waals surface area contributed by atoms with E-state index >= 15 is 0 Å². The van der Waals surface area contributed by atoms with Crippen molar-refractivity contribution in [1.29, 1.82) is 0 Å². The van der Waals surface area contributed by atoms with Gasteiger partial charge in [0.2, 0.25) is 5.91 Å². The SMILES string of the molecule is COCC1C(=O)N(CC2CC2)CC12CCN(Cc1ccc(C)o1)CC2.O=C(O)C(F)(F)F. The maximum Gasteiger partial charge on any atom is 0.490 e. The highest BCUT2D eigenvalue weighted by molar-refractivity contribution is 5.82. The van der Waals surface area contributed by atoms with Crippen LogP contribution in [0, 0.1) is 24.2 Å². The van der Waals surface area contributed by atoms with Crippen LogP contribution in [0.5, 0.6) is 0 Å². The van der Waals surface area contributed by atoms with E-state index in [9.17, 15) is 18.0 Å². The van der Waals surface area contributed by atoms with Crippen molar-refractivity contribution in [2.45, 2.75) is 45.3 Å². The second-order valence-electron chi connectivity index (χ2n) is 9.12. The number of hydrogen-bond acceptors (Lipinski definition) is 5. The van der Waals surface area contributed by atoms with Gasteiger partial charge in [-0.05, 0) is 63.7 Å². The summed E-state index contributed by atoms with van der Waals surface area (Å²) in [4.78, 5) is 26.4.